The second-order valence-electron chi connectivity index (χ2n) is 6.84. The van der Waals surface area contributed by atoms with Gasteiger partial charge in [0.2, 0.25) is 0 Å². The lowest BCUT2D eigenvalue weighted by Crippen LogP contribution is -2.15. The van der Waals surface area contributed by atoms with Gasteiger partial charge in [0.05, 0.1) is 5.69 Å². The van der Waals surface area contributed by atoms with Crippen molar-refractivity contribution in [2.45, 2.75) is 33.5 Å². The fourth-order valence-electron chi connectivity index (χ4n) is 3.15. The molecule has 1 N–H and O–H groups in total. The van der Waals surface area contributed by atoms with Crippen LogP contribution in [0.3, 0.4) is 0 Å². The second-order valence-corrected chi connectivity index (χ2v) is 6.84. The second kappa shape index (κ2) is 7.08. The predicted molar refractivity (Wildman–Crippen MR) is 101 cm³/mol. The quantitative estimate of drug-likeness (QED) is 0.506. The first kappa shape index (κ1) is 19.8. The highest BCUT2D eigenvalue weighted by atomic mass is 19.4. The van der Waals surface area contributed by atoms with Crippen LogP contribution in [0.15, 0.2) is 30.6 Å². The minimum Gasteiger partial charge on any atom is -0.364 e. The predicted octanol–water partition coefficient (Wildman–Crippen LogP) is 4.01. The third-order valence-electron chi connectivity index (χ3n) is 4.90. The van der Waals surface area contributed by atoms with E-state index in [0.29, 0.717) is 32.7 Å². The van der Waals surface area contributed by atoms with Crippen LogP contribution < -0.4 is 5.32 Å². The lowest BCUT2D eigenvalue weighted by atomic mass is 10.1. The summed E-state index contributed by atoms with van der Waals surface area (Å²) >= 11 is 0. The van der Waals surface area contributed by atoms with Crippen molar-refractivity contribution in [1.29, 1.82) is 0 Å². The number of benzene rings is 1. The van der Waals surface area contributed by atoms with Gasteiger partial charge in [-0.25, -0.2) is 9.37 Å². The van der Waals surface area contributed by atoms with Gasteiger partial charge < -0.3 is 9.88 Å². The van der Waals surface area contributed by atoms with E-state index in [4.69, 9.17) is 0 Å². The first-order valence-electron chi connectivity index (χ1n) is 8.99. The molecule has 7 nitrogen and oxygen atoms in total. The number of alkyl halides is 3. The van der Waals surface area contributed by atoms with E-state index in [0.717, 1.165) is 0 Å². The van der Waals surface area contributed by atoms with Crippen molar-refractivity contribution in [2.75, 3.05) is 5.32 Å². The van der Waals surface area contributed by atoms with Gasteiger partial charge in [-0.3, -0.25) is 0 Å². The molecular weight excluding hydrogens is 402 g/mol. The molecule has 0 fully saturated rings. The number of fused-ring (bicyclic) bond motifs is 1. The van der Waals surface area contributed by atoms with Gasteiger partial charge in [-0.05, 0) is 44.0 Å². The fourth-order valence-corrected chi connectivity index (χ4v) is 3.15. The summed E-state index contributed by atoms with van der Waals surface area (Å²) < 4.78 is 56.4. The summed E-state index contributed by atoms with van der Waals surface area (Å²) in [7, 11) is 0. The van der Waals surface area contributed by atoms with E-state index in [1.807, 2.05) is 0 Å². The largest absolute Gasteiger partial charge is 0.453 e. The van der Waals surface area contributed by atoms with E-state index in [-0.39, 0.29) is 18.0 Å². The summed E-state index contributed by atoms with van der Waals surface area (Å²) in [6.45, 7) is 5.30. The molecule has 0 radical (unpaired) electrons. The van der Waals surface area contributed by atoms with Crippen molar-refractivity contribution in [1.82, 2.24) is 29.4 Å². The van der Waals surface area contributed by atoms with Gasteiger partial charge >= 0.3 is 6.18 Å². The van der Waals surface area contributed by atoms with Crippen molar-refractivity contribution in [2.24, 2.45) is 0 Å². The molecule has 0 saturated carbocycles. The molecule has 0 aliphatic rings. The highest BCUT2D eigenvalue weighted by Gasteiger charge is 2.38. The van der Waals surface area contributed by atoms with Crippen molar-refractivity contribution in [3.63, 3.8) is 0 Å². The van der Waals surface area contributed by atoms with Crippen LogP contribution >= 0.6 is 0 Å². The molecule has 0 bridgehead atoms. The Bertz CT molecular complexity index is 1240. The number of halogens is 4. The van der Waals surface area contributed by atoms with E-state index >= 15 is 0 Å². The molecule has 0 unspecified atom stereocenters. The zero-order valence-electron chi connectivity index (χ0n) is 16.3. The maximum atomic E-state index is 14.6. The van der Waals surface area contributed by atoms with Crippen LogP contribution in [0.4, 0.5) is 23.4 Å². The molecule has 30 heavy (non-hydrogen) atoms. The van der Waals surface area contributed by atoms with Gasteiger partial charge in [-0.1, -0.05) is 6.07 Å². The molecule has 0 atom stereocenters. The Morgan fingerprint density at radius 2 is 1.83 bits per heavy atom. The smallest absolute Gasteiger partial charge is 0.364 e. The molecule has 3 aromatic heterocycles. The van der Waals surface area contributed by atoms with Crippen LogP contribution in [0.2, 0.25) is 0 Å². The van der Waals surface area contributed by atoms with E-state index in [2.05, 4.69) is 25.6 Å². The SMILES string of the molecule is Cc1c(NCc2ccc(-n3ccnc3C)c(F)c2)nn2c(C(F)(F)F)nnc2c1C. The van der Waals surface area contributed by atoms with Crippen LogP contribution in [-0.2, 0) is 12.7 Å². The minimum absolute atomic E-state index is 0.0384. The number of rotatable bonds is 4. The van der Waals surface area contributed by atoms with Gasteiger partial charge in [0, 0.05) is 24.5 Å². The Morgan fingerprint density at radius 1 is 1.07 bits per heavy atom. The first-order valence-corrected chi connectivity index (χ1v) is 8.99. The third kappa shape index (κ3) is 3.36. The highest BCUT2D eigenvalue weighted by Crippen LogP contribution is 2.30. The average molecular weight is 419 g/mol. The van der Waals surface area contributed by atoms with Crippen LogP contribution in [-0.4, -0.2) is 29.4 Å². The lowest BCUT2D eigenvalue weighted by molar-refractivity contribution is -0.146. The molecule has 0 aliphatic carbocycles. The molecule has 4 rings (SSSR count). The number of nitrogens with zero attached hydrogens (tertiary/aromatic N) is 6. The maximum absolute atomic E-state index is 14.6. The van der Waals surface area contributed by atoms with Crippen molar-refractivity contribution < 1.29 is 17.6 Å². The maximum Gasteiger partial charge on any atom is 0.453 e. The summed E-state index contributed by atoms with van der Waals surface area (Å²) in [5.74, 6) is -0.752. The molecule has 0 spiro atoms. The van der Waals surface area contributed by atoms with E-state index in [1.165, 1.54) is 6.07 Å². The topological polar surface area (TPSA) is 72.9 Å². The van der Waals surface area contributed by atoms with Crippen LogP contribution in [0.1, 0.15) is 28.3 Å². The number of hydrogen-bond donors (Lipinski definition) is 1. The molecule has 11 heteroatoms. The van der Waals surface area contributed by atoms with Crippen molar-refractivity contribution >= 4 is 11.5 Å². The van der Waals surface area contributed by atoms with E-state index < -0.39 is 17.8 Å². The summed E-state index contributed by atoms with van der Waals surface area (Å²) in [5.41, 5.74) is 2.16. The number of aromatic nitrogens is 6. The van der Waals surface area contributed by atoms with Gasteiger partial charge in [-0.15, -0.1) is 15.3 Å². The number of nitrogens with one attached hydrogen (secondary N) is 1. The van der Waals surface area contributed by atoms with Gasteiger partial charge in [0.15, 0.2) is 11.5 Å². The molecule has 156 valence electrons. The van der Waals surface area contributed by atoms with Gasteiger partial charge in [0.1, 0.15) is 11.6 Å². The fraction of sp³-hybridized carbons (Fsp3) is 0.263. The zero-order chi connectivity index (χ0) is 21.6. The Labute approximate surface area is 168 Å². The Kier molecular flexibility index (Phi) is 4.67. The van der Waals surface area contributed by atoms with E-state index in [1.54, 1.807) is 49.9 Å². The molecule has 0 saturated heterocycles. The first-order chi connectivity index (χ1) is 14.2. The summed E-state index contributed by atoms with van der Waals surface area (Å²) in [4.78, 5) is 4.08. The molecule has 0 amide bonds. The number of imidazole rings is 1. The third-order valence-corrected chi connectivity index (χ3v) is 4.90. The molecule has 0 aliphatic heterocycles. The molecular formula is C19H17F4N7. The standard InChI is InChI=1S/C19H17F4N7/c1-10-11(2)17-26-27-18(19(21,22)23)30(17)28-16(10)25-9-13-4-5-15(14(20)8-13)29-7-6-24-12(29)3/h4-8H,9H2,1-3H3,(H,25,28). The van der Waals surface area contributed by atoms with Gasteiger partial charge in [-0.2, -0.15) is 17.7 Å². The Hall–Kier alpha value is -3.50. The summed E-state index contributed by atoms with van der Waals surface area (Å²) in [5, 5.41) is 13.8. The van der Waals surface area contributed by atoms with E-state index in [9.17, 15) is 17.6 Å². The van der Waals surface area contributed by atoms with Crippen molar-refractivity contribution in [3.05, 3.63) is 64.7 Å². The van der Waals surface area contributed by atoms with Crippen molar-refractivity contribution in [3.8, 4) is 5.69 Å². The van der Waals surface area contributed by atoms with Gasteiger partial charge in [0.25, 0.3) is 5.82 Å². The minimum atomic E-state index is -4.68. The molecule has 1 aromatic carbocycles. The molecule has 4 aromatic rings. The van der Waals surface area contributed by atoms with Crippen LogP contribution in [0.5, 0.6) is 0 Å². The summed E-state index contributed by atoms with van der Waals surface area (Å²) in [6.07, 6.45) is -1.44. The Morgan fingerprint density at radius 3 is 2.47 bits per heavy atom. The molecule has 3 heterocycles. The van der Waals surface area contributed by atoms with Crippen LogP contribution in [0, 0.1) is 26.6 Å². The number of aryl methyl sites for hydroxylation is 2. The Balaban J connectivity index is 1.63. The number of anilines is 1. The average Bonchev–Trinajstić information content (AvgIpc) is 3.29. The number of hydrogen-bond acceptors (Lipinski definition) is 5. The monoisotopic (exact) mass is 419 g/mol. The summed E-state index contributed by atoms with van der Waals surface area (Å²) in [6, 6.07) is 4.71. The highest BCUT2D eigenvalue weighted by molar-refractivity contribution is 5.58. The lowest BCUT2D eigenvalue weighted by Gasteiger charge is -2.13. The zero-order valence-corrected chi connectivity index (χ0v) is 16.3. The van der Waals surface area contributed by atoms with Crippen LogP contribution in [0.25, 0.3) is 11.3 Å². The normalized spacial score (nSPS) is 12.0.